The fourth-order valence-electron chi connectivity index (χ4n) is 4.55. The average Bonchev–Trinajstić information content (AvgIpc) is 3.16. The zero-order valence-corrected chi connectivity index (χ0v) is 16.8. The third kappa shape index (κ3) is 3.53. The van der Waals surface area contributed by atoms with Gasteiger partial charge in [-0.05, 0) is 29.0 Å². The number of carbonyl (C=O) groups excluding carboxylic acids is 1. The molecular weight excluding hydrogens is 374 g/mol. The Morgan fingerprint density at radius 1 is 1.07 bits per heavy atom. The minimum Gasteiger partial charge on any atom is -0.391 e. The van der Waals surface area contributed by atoms with Gasteiger partial charge in [-0.25, -0.2) is 0 Å². The van der Waals surface area contributed by atoms with E-state index in [2.05, 4.69) is 46.7 Å². The Morgan fingerprint density at radius 2 is 1.87 bits per heavy atom. The summed E-state index contributed by atoms with van der Waals surface area (Å²) in [6, 6.07) is 20.6. The van der Waals surface area contributed by atoms with Crippen molar-refractivity contribution in [2.75, 3.05) is 24.5 Å². The highest BCUT2D eigenvalue weighted by atomic mass is 16.3. The van der Waals surface area contributed by atoms with E-state index in [1.807, 2.05) is 35.4 Å². The molecule has 0 saturated heterocycles. The van der Waals surface area contributed by atoms with E-state index in [0.717, 1.165) is 34.0 Å². The molecule has 4 aromatic rings. The highest BCUT2D eigenvalue weighted by Crippen LogP contribution is 2.34. The third-order valence-corrected chi connectivity index (χ3v) is 5.91. The topological polar surface area (TPSA) is 68.4 Å². The number of aromatic nitrogens is 1. The van der Waals surface area contributed by atoms with Gasteiger partial charge >= 0.3 is 0 Å². The number of β-amino-alcohol motifs (C(OH)–C–C–N with tert-alkyl or cyclic N) is 1. The Hall–Kier alpha value is -3.31. The van der Waals surface area contributed by atoms with Crippen LogP contribution in [0.2, 0.25) is 0 Å². The van der Waals surface area contributed by atoms with Gasteiger partial charge in [-0.15, -0.1) is 0 Å². The van der Waals surface area contributed by atoms with E-state index in [9.17, 15) is 9.90 Å². The SMILES string of the molecule is O=C(CN1C[C@H](O)Cc2ccc3ccccc3c21)NCCc1c[nH]c2ccccc12. The number of rotatable bonds is 5. The van der Waals surface area contributed by atoms with Gasteiger partial charge in [-0.1, -0.05) is 54.6 Å². The molecular formula is C25H25N3O2. The lowest BCUT2D eigenvalue weighted by Crippen LogP contribution is -2.44. The lowest BCUT2D eigenvalue weighted by molar-refractivity contribution is -0.119. The van der Waals surface area contributed by atoms with Crippen LogP contribution in [0, 0.1) is 0 Å². The Labute approximate surface area is 175 Å². The van der Waals surface area contributed by atoms with Crippen LogP contribution >= 0.6 is 0 Å². The number of amides is 1. The molecule has 30 heavy (non-hydrogen) atoms. The summed E-state index contributed by atoms with van der Waals surface area (Å²) in [7, 11) is 0. The van der Waals surface area contributed by atoms with Gasteiger partial charge in [0.2, 0.25) is 5.91 Å². The summed E-state index contributed by atoms with van der Waals surface area (Å²) in [4.78, 5) is 18.0. The van der Waals surface area contributed by atoms with Gasteiger partial charge in [-0.3, -0.25) is 4.79 Å². The molecule has 0 fully saturated rings. The van der Waals surface area contributed by atoms with Crippen LogP contribution in [-0.4, -0.2) is 41.7 Å². The standard InChI is InChI=1S/C25H25N3O2/c29-20-13-18-10-9-17-5-1-2-7-22(17)25(18)28(15-20)16-24(30)26-12-11-19-14-27-23-8-4-3-6-21(19)23/h1-10,14,20,27,29H,11-13,15-16H2,(H,26,30)/t20-/m1/s1. The molecule has 0 saturated carbocycles. The number of carbonyl (C=O) groups is 1. The number of para-hydroxylation sites is 1. The molecule has 5 rings (SSSR count). The van der Waals surface area contributed by atoms with Crippen molar-refractivity contribution in [1.82, 2.24) is 10.3 Å². The zero-order valence-electron chi connectivity index (χ0n) is 16.8. The van der Waals surface area contributed by atoms with Crippen molar-refractivity contribution in [3.8, 4) is 0 Å². The molecule has 152 valence electrons. The second-order valence-electron chi connectivity index (χ2n) is 7.99. The molecule has 2 heterocycles. The number of anilines is 1. The lowest BCUT2D eigenvalue weighted by atomic mass is 9.95. The third-order valence-electron chi connectivity index (χ3n) is 5.91. The fraction of sp³-hybridized carbons (Fsp3) is 0.240. The van der Waals surface area contributed by atoms with Gasteiger partial charge in [0.15, 0.2) is 0 Å². The summed E-state index contributed by atoms with van der Waals surface area (Å²) in [5.41, 5.74) is 4.49. The summed E-state index contributed by atoms with van der Waals surface area (Å²) < 4.78 is 0. The second kappa shape index (κ2) is 7.84. The smallest absolute Gasteiger partial charge is 0.239 e. The Balaban J connectivity index is 1.29. The number of aliphatic hydroxyl groups excluding tert-OH is 1. The first-order valence-electron chi connectivity index (χ1n) is 10.4. The molecule has 5 heteroatoms. The molecule has 0 unspecified atom stereocenters. The predicted octanol–water partition coefficient (Wildman–Crippen LogP) is 3.40. The molecule has 5 nitrogen and oxygen atoms in total. The Morgan fingerprint density at radius 3 is 2.77 bits per heavy atom. The van der Waals surface area contributed by atoms with Crippen molar-refractivity contribution < 1.29 is 9.90 Å². The Kier molecular flexibility index (Phi) is 4.89. The molecule has 0 bridgehead atoms. The van der Waals surface area contributed by atoms with Crippen molar-refractivity contribution in [3.63, 3.8) is 0 Å². The van der Waals surface area contributed by atoms with Gasteiger partial charge in [0.05, 0.1) is 12.6 Å². The number of nitrogens with one attached hydrogen (secondary N) is 2. The highest BCUT2D eigenvalue weighted by Gasteiger charge is 2.26. The van der Waals surface area contributed by atoms with E-state index in [1.165, 1.54) is 10.9 Å². The van der Waals surface area contributed by atoms with Crippen LogP contribution in [0.1, 0.15) is 11.1 Å². The number of nitrogens with zero attached hydrogens (tertiary/aromatic N) is 1. The average molecular weight is 399 g/mol. The molecule has 0 spiro atoms. The number of hydrogen-bond acceptors (Lipinski definition) is 3. The van der Waals surface area contributed by atoms with Crippen LogP contribution in [0.15, 0.2) is 66.9 Å². The number of hydrogen-bond donors (Lipinski definition) is 3. The van der Waals surface area contributed by atoms with E-state index >= 15 is 0 Å². The van der Waals surface area contributed by atoms with Crippen LogP contribution in [0.5, 0.6) is 0 Å². The normalized spacial score (nSPS) is 16.0. The van der Waals surface area contributed by atoms with Crippen molar-refractivity contribution in [2.45, 2.75) is 18.9 Å². The minimum absolute atomic E-state index is 0.0252. The molecule has 0 aliphatic carbocycles. The highest BCUT2D eigenvalue weighted by molar-refractivity contribution is 5.98. The van der Waals surface area contributed by atoms with Crippen LogP contribution in [-0.2, 0) is 17.6 Å². The summed E-state index contributed by atoms with van der Waals surface area (Å²) in [5, 5.41) is 16.9. The van der Waals surface area contributed by atoms with Crippen LogP contribution in [0.4, 0.5) is 5.69 Å². The Bertz CT molecular complexity index is 1210. The fourth-order valence-corrected chi connectivity index (χ4v) is 4.55. The van der Waals surface area contributed by atoms with E-state index in [-0.39, 0.29) is 12.5 Å². The van der Waals surface area contributed by atoms with Crippen molar-refractivity contribution in [3.05, 3.63) is 78.0 Å². The molecule has 0 radical (unpaired) electrons. The molecule has 1 amide bonds. The maximum atomic E-state index is 12.7. The summed E-state index contributed by atoms with van der Waals surface area (Å²) in [6.45, 7) is 1.29. The van der Waals surface area contributed by atoms with Gasteiger partial charge in [0.25, 0.3) is 0 Å². The molecule has 3 aromatic carbocycles. The first-order chi connectivity index (χ1) is 14.7. The summed E-state index contributed by atoms with van der Waals surface area (Å²) >= 11 is 0. The van der Waals surface area contributed by atoms with E-state index in [1.54, 1.807) is 0 Å². The second-order valence-corrected chi connectivity index (χ2v) is 7.99. The number of aromatic amines is 1. The van der Waals surface area contributed by atoms with E-state index in [0.29, 0.717) is 19.5 Å². The number of H-pyrrole nitrogens is 1. The van der Waals surface area contributed by atoms with Gasteiger partial charge < -0.3 is 20.3 Å². The molecule has 1 atom stereocenters. The quantitative estimate of drug-likeness (QED) is 0.482. The van der Waals surface area contributed by atoms with E-state index < -0.39 is 6.10 Å². The van der Waals surface area contributed by atoms with E-state index in [4.69, 9.17) is 0 Å². The number of aliphatic hydroxyl groups is 1. The molecule has 3 N–H and O–H groups in total. The lowest BCUT2D eigenvalue weighted by Gasteiger charge is -2.34. The maximum absolute atomic E-state index is 12.7. The number of benzene rings is 3. The summed E-state index contributed by atoms with van der Waals surface area (Å²) in [5.74, 6) is -0.0252. The summed E-state index contributed by atoms with van der Waals surface area (Å²) in [6.07, 6.45) is 2.95. The van der Waals surface area contributed by atoms with Crippen LogP contribution in [0.25, 0.3) is 21.7 Å². The minimum atomic E-state index is -0.460. The van der Waals surface area contributed by atoms with Gasteiger partial charge in [0.1, 0.15) is 0 Å². The molecule has 1 aliphatic heterocycles. The van der Waals surface area contributed by atoms with Crippen molar-refractivity contribution in [1.29, 1.82) is 0 Å². The largest absolute Gasteiger partial charge is 0.391 e. The van der Waals surface area contributed by atoms with Crippen molar-refractivity contribution in [2.24, 2.45) is 0 Å². The molecule has 1 aromatic heterocycles. The first-order valence-corrected chi connectivity index (χ1v) is 10.4. The van der Waals surface area contributed by atoms with Crippen LogP contribution < -0.4 is 10.2 Å². The first kappa shape index (κ1) is 18.7. The monoisotopic (exact) mass is 399 g/mol. The maximum Gasteiger partial charge on any atom is 0.239 e. The van der Waals surface area contributed by atoms with Gasteiger partial charge in [0, 0.05) is 47.7 Å². The van der Waals surface area contributed by atoms with Crippen molar-refractivity contribution >= 4 is 33.3 Å². The number of fused-ring (bicyclic) bond motifs is 4. The van der Waals surface area contributed by atoms with Gasteiger partial charge in [-0.2, -0.15) is 0 Å². The predicted molar refractivity (Wildman–Crippen MR) is 121 cm³/mol. The molecule has 1 aliphatic rings. The zero-order chi connectivity index (χ0) is 20.5. The van der Waals surface area contributed by atoms with Crippen LogP contribution in [0.3, 0.4) is 0 Å².